The summed E-state index contributed by atoms with van der Waals surface area (Å²) in [7, 11) is 0. The summed E-state index contributed by atoms with van der Waals surface area (Å²) < 4.78 is 0. The fraction of sp³-hybridized carbons (Fsp3) is 1.00. The van der Waals surface area contributed by atoms with Crippen molar-refractivity contribution in [3.8, 4) is 0 Å². The Hall–Kier alpha value is -0.0400. The molecule has 3 saturated carbocycles. The molecule has 1 heteroatoms. The zero-order valence-corrected chi connectivity index (χ0v) is 12.9. The molecular formula is C18H35N. The first-order chi connectivity index (χ1) is 9.36. The van der Waals surface area contributed by atoms with E-state index in [4.69, 9.17) is 5.73 Å². The molecule has 0 aromatic carbocycles. The molecule has 0 unspecified atom stereocenters. The van der Waals surface area contributed by atoms with Gasteiger partial charge in [0.2, 0.25) is 0 Å². The zero-order valence-electron chi connectivity index (χ0n) is 12.9. The van der Waals surface area contributed by atoms with E-state index in [1.807, 2.05) is 0 Å². The first kappa shape index (κ1) is 15.4. The quantitative estimate of drug-likeness (QED) is 0.672. The highest BCUT2D eigenvalue weighted by molar-refractivity contribution is 4.76. The van der Waals surface area contributed by atoms with Crippen LogP contribution < -0.4 is 5.73 Å². The van der Waals surface area contributed by atoms with Crippen molar-refractivity contribution in [1.82, 2.24) is 0 Å². The molecule has 0 aromatic rings. The fourth-order valence-electron chi connectivity index (χ4n) is 4.35. The van der Waals surface area contributed by atoms with Crippen molar-refractivity contribution in [2.45, 2.75) is 102 Å². The van der Waals surface area contributed by atoms with Crippen molar-refractivity contribution in [3.05, 3.63) is 0 Å². The summed E-state index contributed by atoms with van der Waals surface area (Å²) in [6.07, 6.45) is 22.1. The first-order valence-electron chi connectivity index (χ1n) is 9.12. The maximum absolute atomic E-state index is 5.63. The molecule has 0 radical (unpaired) electrons. The Labute approximate surface area is 120 Å². The average Bonchev–Trinajstić information content (AvgIpc) is 2.51. The first-order valence-corrected chi connectivity index (χ1v) is 9.12. The Morgan fingerprint density at radius 1 is 0.421 bits per heavy atom. The van der Waals surface area contributed by atoms with Gasteiger partial charge in [-0.3, -0.25) is 0 Å². The van der Waals surface area contributed by atoms with Crippen molar-refractivity contribution in [1.29, 1.82) is 0 Å². The summed E-state index contributed by atoms with van der Waals surface area (Å²) in [5, 5.41) is 0. The van der Waals surface area contributed by atoms with Gasteiger partial charge in [0.25, 0.3) is 0 Å². The summed E-state index contributed by atoms with van der Waals surface area (Å²) in [6, 6.07) is 0.536. The topological polar surface area (TPSA) is 26.0 Å². The Balaban J connectivity index is 0.000000163. The maximum atomic E-state index is 5.63. The molecule has 2 N–H and O–H groups in total. The minimum Gasteiger partial charge on any atom is -0.328 e. The summed E-state index contributed by atoms with van der Waals surface area (Å²) >= 11 is 0. The van der Waals surface area contributed by atoms with E-state index >= 15 is 0 Å². The highest BCUT2D eigenvalue weighted by atomic mass is 14.6. The Morgan fingerprint density at radius 2 is 0.737 bits per heavy atom. The molecule has 3 aliphatic rings. The van der Waals surface area contributed by atoms with Gasteiger partial charge in [0.15, 0.2) is 0 Å². The third kappa shape index (κ3) is 5.85. The highest BCUT2D eigenvalue weighted by Crippen LogP contribution is 2.37. The molecule has 112 valence electrons. The van der Waals surface area contributed by atoms with E-state index in [0.717, 1.165) is 11.8 Å². The minimum absolute atomic E-state index is 0.536. The number of rotatable bonds is 1. The molecule has 0 spiro atoms. The predicted octanol–water partition coefficient (Wildman–Crippen LogP) is 5.42. The molecule has 3 fully saturated rings. The monoisotopic (exact) mass is 265 g/mol. The molecule has 0 heterocycles. The average molecular weight is 265 g/mol. The third-order valence-electron chi connectivity index (χ3n) is 5.62. The Kier molecular flexibility index (Phi) is 7.27. The van der Waals surface area contributed by atoms with Crippen molar-refractivity contribution >= 4 is 0 Å². The Morgan fingerprint density at radius 3 is 1.00 bits per heavy atom. The lowest BCUT2D eigenvalue weighted by molar-refractivity contribution is 0.196. The van der Waals surface area contributed by atoms with Crippen LogP contribution in [0, 0.1) is 11.8 Å². The van der Waals surface area contributed by atoms with E-state index in [0.29, 0.717) is 6.04 Å². The van der Waals surface area contributed by atoms with Gasteiger partial charge in [-0.15, -0.1) is 0 Å². The maximum Gasteiger partial charge on any atom is 0.00388 e. The molecule has 0 atom stereocenters. The van der Waals surface area contributed by atoms with Crippen LogP contribution in [0.5, 0.6) is 0 Å². The van der Waals surface area contributed by atoms with Gasteiger partial charge < -0.3 is 5.73 Å². The van der Waals surface area contributed by atoms with E-state index in [-0.39, 0.29) is 0 Å². The lowest BCUT2D eigenvalue weighted by atomic mass is 9.73. The van der Waals surface area contributed by atoms with E-state index in [2.05, 4.69) is 0 Å². The molecule has 0 aliphatic heterocycles. The van der Waals surface area contributed by atoms with Crippen LogP contribution in [0.15, 0.2) is 0 Å². The summed E-state index contributed by atoms with van der Waals surface area (Å²) in [5.74, 6) is 2.28. The SMILES string of the molecule is C1CCC(C2CCCCC2)CC1.NC1CCCCC1. The molecule has 0 bridgehead atoms. The summed E-state index contributed by atoms with van der Waals surface area (Å²) in [6.45, 7) is 0. The van der Waals surface area contributed by atoms with Gasteiger partial charge in [0.05, 0.1) is 0 Å². The van der Waals surface area contributed by atoms with Crippen LogP contribution in [0.3, 0.4) is 0 Å². The highest BCUT2D eigenvalue weighted by Gasteiger charge is 2.24. The van der Waals surface area contributed by atoms with Gasteiger partial charge in [-0.1, -0.05) is 83.5 Å². The fourth-order valence-corrected chi connectivity index (χ4v) is 4.35. The predicted molar refractivity (Wildman–Crippen MR) is 84.2 cm³/mol. The summed E-state index contributed by atoms with van der Waals surface area (Å²) in [4.78, 5) is 0. The van der Waals surface area contributed by atoms with Crippen molar-refractivity contribution in [3.63, 3.8) is 0 Å². The van der Waals surface area contributed by atoms with Crippen LogP contribution in [0.1, 0.15) is 96.3 Å². The van der Waals surface area contributed by atoms with E-state index < -0.39 is 0 Å². The largest absolute Gasteiger partial charge is 0.328 e. The van der Waals surface area contributed by atoms with E-state index in [1.54, 1.807) is 25.7 Å². The molecule has 3 rings (SSSR count). The minimum atomic E-state index is 0.536. The van der Waals surface area contributed by atoms with Crippen molar-refractivity contribution < 1.29 is 0 Å². The van der Waals surface area contributed by atoms with Gasteiger partial charge in [-0.2, -0.15) is 0 Å². The van der Waals surface area contributed by atoms with Crippen LogP contribution in [-0.2, 0) is 0 Å². The second-order valence-corrected chi connectivity index (χ2v) is 7.19. The van der Waals surface area contributed by atoms with Gasteiger partial charge >= 0.3 is 0 Å². The smallest absolute Gasteiger partial charge is 0.00388 e. The molecule has 0 saturated heterocycles. The molecular weight excluding hydrogens is 230 g/mol. The number of nitrogens with two attached hydrogens (primary N) is 1. The van der Waals surface area contributed by atoms with Crippen LogP contribution >= 0.6 is 0 Å². The van der Waals surface area contributed by atoms with Crippen LogP contribution in [0.2, 0.25) is 0 Å². The van der Waals surface area contributed by atoms with Crippen LogP contribution in [0.4, 0.5) is 0 Å². The standard InChI is InChI=1S/C12H22.C6H13N/c1-3-7-11(8-4-1)12-9-5-2-6-10-12;7-6-4-2-1-3-5-6/h11-12H,1-10H2;6H,1-5,7H2. The second kappa shape index (κ2) is 9.00. The van der Waals surface area contributed by atoms with Crippen LogP contribution in [-0.4, -0.2) is 6.04 Å². The Bertz CT molecular complexity index is 192. The number of hydrogen-bond acceptors (Lipinski definition) is 1. The van der Waals surface area contributed by atoms with E-state index in [1.165, 1.54) is 70.6 Å². The lowest BCUT2D eigenvalue weighted by Crippen LogP contribution is -2.22. The lowest BCUT2D eigenvalue weighted by Gasteiger charge is -2.32. The molecule has 3 aliphatic carbocycles. The normalized spacial score (nSPS) is 27.6. The van der Waals surface area contributed by atoms with Gasteiger partial charge in [-0.05, 0) is 24.7 Å². The van der Waals surface area contributed by atoms with Crippen molar-refractivity contribution in [2.24, 2.45) is 17.6 Å². The second-order valence-electron chi connectivity index (χ2n) is 7.19. The number of hydrogen-bond donors (Lipinski definition) is 1. The van der Waals surface area contributed by atoms with E-state index in [9.17, 15) is 0 Å². The van der Waals surface area contributed by atoms with Crippen molar-refractivity contribution in [2.75, 3.05) is 0 Å². The van der Waals surface area contributed by atoms with Gasteiger partial charge in [0, 0.05) is 6.04 Å². The third-order valence-corrected chi connectivity index (χ3v) is 5.62. The molecule has 0 amide bonds. The zero-order chi connectivity index (χ0) is 13.3. The summed E-state index contributed by atoms with van der Waals surface area (Å²) in [5.41, 5.74) is 5.63. The van der Waals surface area contributed by atoms with Crippen LogP contribution in [0.25, 0.3) is 0 Å². The molecule has 0 aromatic heterocycles. The molecule has 1 nitrogen and oxygen atoms in total. The molecule has 19 heavy (non-hydrogen) atoms. The van der Waals surface area contributed by atoms with Gasteiger partial charge in [0.1, 0.15) is 0 Å². The van der Waals surface area contributed by atoms with Gasteiger partial charge in [-0.25, -0.2) is 0 Å².